The lowest BCUT2D eigenvalue weighted by atomic mass is 9.89. The highest BCUT2D eigenvalue weighted by atomic mass is 16.5. The second kappa shape index (κ2) is 6.55. The zero-order valence-corrected chi connectivity index (χ0v) is 12.7. The summed E-state index contributed by atoms with van der Waals surface area (Å²) >= 11 is 0. The third-order valence-corrected chi connectivity index (χ3v) is 3.90. The molecule has 2 N–H and O–H groups in total. The quantitative estimate of drug-likeness (QED) is 0.857. The molecule has 0 heterocycles. The van der Waals surface area contributed by atoms with Gasteiger partial charge < -0.3 is 10.5 Å². The van der Waals surface area contributed by atoms with E-state index in [1.54, 1.807) is 7.11 Å². The number of benzene rings is 2. The molecule has 2 rings (SSSR count). The zero-order chi connectivity index (χ0) is 15.4. The van der Waals surface area contributed by atoms with Gasteiger partial charge in [-0.25, -0.2) is 0 Å². The van der Waals surface area contributed by atoms with E-state index in [1.807, 2.05) is 56.3 Å². The van der Waals surface area contributed by atoms with Crippen molar-refractivity contribution < 1.29 is 9.53 Å². The zero-order valence-electron chi connectivity index (χ0n) is 12.7. The number of Topliss-reactive ketones (excluding diaryl/α,β-unsaturated/α-hetero) is 1. The van der Waals surface area contributed by atoms with Crippen molar-refractivity contribution in [3.8, 4) is 5.75 Å². The van der Waals surface area contributed by atoms with E-state index in [9.17, 15) is 4.79 Å². The standard InChI is InChI=1S/C18H21NO2/c1-12-9-10-15(18(21-3)13(12)2)17(20)16(11-19)14-7-5-4-6-8-14/h4-10,16H,11,19H2,1-3H3. The Bertz CT molecular complexity index is 635. The molecule has 1 atom stereocenters. The molecule has 0 aliphatic carbocycles. The molecule has 0 fully saturated rings. The SMILES string of the molecule is COc1c(C(=O)C(CN)c2ccccc2)ccc(C)c1C. The fourth-order valence-corrected chi connectivity index (χ4v) is 2.51. The van der Waals surface area contributed by atoms with Gasteiger partial charge in [0, 0.05) is 6.54 Å². The first kappa shape index (κ1) is 15.3. The predicted molar refractivity (Wildman–Crippen MR) is 85.0 cm³/mol. The van der Waals surface area contributed by atoms with Crippen LogP contribution in [-0.4, -0.2) is 19.4 Å². The minimum atomic E-state index is -0.345. The van der Waals surface area contributed by atoms with Crippen molar-refractivity contribution in [2.24, 2.45) is 5.73 Å². The van der Waals surface area contributed by atoms with Crippen LogP contribution in [-0.2, 0) is 0 Å². The van der Waals surface area contributed by atoms with Crippen molar-refractivity contribution in [2.45, 2.75) is 19.8 Å². The van der Waals surface area contributed by atoms with E-state index in [4.69, 9.17) is 10.5 Å². The van der Waals surface area contributed by atoms with Crippen molar-refractivity contribution in [2.75, 3.05) is 13.7 Å². The number of hydrogen-bond donors (Lipinski definition) is 1. The minimum Gasteiger partial charge on any atom is -0.496 e. The summed E-state index contributed by atoms with van der Waals surface area (Å²) in [6, 6.07) is 13.4. The van der Waals surface area contributed by atoms with Gasteiger partial charge in [0.1, 0.15) is 5.75 Å². The Hall–Kier alpha value is -2.13. The summed E-state index contributed by atoms with van der Waals surface area (Å²) in [4.78, 5) is 12.9. The molecule has 110 valence electrons. The van der Waals surface area contributed by atoms with Gasteiger partial charge in [0.2, 0.25) is 0 Å². The third-order valence-electron chi connectivity index (χ3n) is 3.90. The Labute approximate surface area is 125 Å². The molecule has 3 heteroatoms. The second-order valence-electron chi connectivity index (χ2n) is 5.15. The Morgan fingerprint density at radius 2 is 1.81 bits per heavy atom. The highest BCUT2D eigenvalue weighted by molar-refractivity contribution is 6.03. The number of ketones is 1. The lowest BCUT2D eigenvalue weighted by Gasteiger charge is -2.18. The van der Waals surface area contributed by atoms with Crippen molar-refractivity contribution in [3.05, 3.63) is 64.7 Å². The number of carbonyl (C=O) groups excluding carboxylic acids is 1. The van der Waals surface area contributed by atoms with Crippen LogP contribution in [0.2, 0.25) is 0 Å². The van der Waals surface area contributed by atoms with Gasteiger partial charge in [-0.2, -0.15) is 0 Å². The van der Waals surface area contributed by atoms with Crippen LogP contribution in [0.25, 0.3) is 0 Å². The number of carbonyl (C=O) groups is 1. The molecule has 21 heavy (non-hydrogen) atoms. The minimum absolute atomic E-state index is 0.00338. The molecule has 2 aromatic carbocycles. The first-order valence-electron chi connectivity index (χ1n) is 7.03. The van der Waals surface area contributed by atoms with Crippen molar-refractivity contribution in [1.29, 1.82) is 0 Å². The summed E-state index contributed by atoms with van der Waals surface area (Å²) in [7, 11) is 1.60. The molecule has 0 aliphatic heterocycles. The van der Waals surface area contributed by atoms with Gasteiger partial charge in [0.05, 0.1) is 18.6 Å². The second-order valence-corrected chi connectivity index (χ2v) is 5.15. The van der Waals surface area contributed by atoms with Gasteiger partial charge >= 0.3 is 0 Å². The average Bonchev–Trinajstić information content (AvgIpc) is 2.51. The molecule has 0 bridgehead atoms. The molecule has 0 spiro atoms. The van der Waals surface area contributed by atoms with Gasteiger partial charge in [0.25, 0.3) is 0 Å². The summed E-state index contributed by atoms with van der Waals surface area (Å²) in [6.45, 7) is 4.24. The summed E-state index contributed by atoms with van der Waals surface area (Å²) < 4.78 is 5.45. The molecule has 1 unspecified atom stereocenters. The summed E-state index contributed by atoms with van der Waals surface area (Å²) in [5.74, 6) is 0.306. The van der Waals surface area contributed by atoms with Crippen LogP contribution in [0.1, 0.15) is 33.0 Å². The highest BCUT2D eigenvalue weighted by Crippen LogP contribution is 2.30. The maximum absolute atomic E-state index is 12.9. The lowest BCUT2D eigenvalue weighted by Crippen LogP contribution is -2.22. The number of ether oxygens (including phenoxy) is 1. The molecule has 0 saturated carbocycles. The fraction of sp³-hybridized carbons (Fsp3) is 0.278. The van der Waals surface area contributed by atoms with Gasteiger partial charge in [-0.15, -0.1) is 0 Å². The largest absolute Gasteiger partial charge is 0.496 e. The molecular formula is C18H21NO2. The fourth-order valence-electron chi connectivity index (χ4n) is 2.51. The molecule has 3 nitrogen and oxygen atoms in total. The van der Waals surface area contributed by atoms with E-state index in [0.717, 1.165) is 16.7 Å². The molecule has 0 saturated heterocycles. The van der Waals surface area contributed by atoms with Gasteiger partial charge in [-0.1, -0.05) is 36.4 Å². The molecule has 0 aliphatic rings. The van der Waals surface area contributed by atoms with Gasteiger partial charge in [-0.3, -0.25) is 4.79 Å². The van der Waals surface area contributed by atoms with Crippen LogP contribution in [0.3, 0.4) is 0 Å². The van der Waals surface area contributed by atoms with E-state index in [1.165, 1.54) is 0 Å². The molecule has 0 amide bonds. The number of methoxy groups -OCH3 is 1. The predicted octanol–water partition coefficient (Wildman–Crippen LogP) is 3.24. The maximum Gasteiger partial charge on any atom is 0.175 e. The monoisotopic (exact) mass is 283 g/mol. The van der Waals surface area contributed by atoms with E-state index in [2.05, 4.69) is 0 Å². The number of hydrogen-bond acceptors (Lipinski definition) is 3. The first-order valence-corrected chi connectivity index (χ1v) is 7.03. The van der Waals surface area contributed by atoms with Gasteiger partial charge in [-0.05, 0) is 36.6 Å². The summed E-state index contributed by atoms with van der Waals surface area (Å²) in [5, 5.41) is 0. The van der Waals surface area contributed by atoms with E-state index >= 15 is 0 Å². The average molecular weight is 283 g/mol. The normalized spacial score (nSPS) is 12.0. The molecular weight excluding hydrogens is 262 g/mol. The van der Waals surface area contributed by atoms with Crippen LogP contribution in [0.5, 0.6) is 5.75 Å². The molecule has 2 aromatic rings. The van der Waals surface area contributed by atoms with E-state index in [0.29, 0.717) is 11.3 Å². The van der Waals surface area contributed by atoms with Crippen molar-refractivity contribution >= 4 is 5.78 Å². The number of aryl methyl sites for hydroxylation is 1. The number of rotatable bonds is 5. The van der Waals surface area contributed by atoms with Crippen LogP contribution in [0.4, 0.5) is 0 Å². The third kappa shape index (κ3) is 2.98. The Kier molecular flexibility index (Phi) is 4.76. The van der Waals surface area contributed by atoms with Crippen molar-refractivity contribution in [1.82, 2.24) is 0 Å². The topological polar surface area (TPSA) is 52.3 Å². The van der Waals surface area contributed by atoms with Crippen LogP contribution in [0, 0.1) is 13.8 Å². The first-order chi connectivity index (χ1) is 10.1. The van der Waals surface area contributed by atoms with E-state index in [-0.39, 0.29) is 18.2 Å². The van der Waals surface area contributed by atoms with Crippen LogP contribution in [0.15, 0.2) is 42.5 Å². The maximum atomic E-state index is 12.9. The van der Waals surface area contributed by atoms with Gasteiger partial charge in [0.15, 0.2) is 5.78 Å². The lowest BCUT2D eigenvalue weighted by molar-refractivity contribution is 0.0959. The smallest absolute Gasteiger partial charge is 0.175 e. The molecule has 0 aromatic heterocycles. The van der Waals surface area contributed by atoms with E-state index < -0.39 is 0 Å². The van der Waals surface area contributed by atoms with Crippen molar-refractivity contribution in [3.63, 3.8) is 0 Å². The van der Waals surface area contributed by atoms with Crippen LogP contribution >= 0.6 is 0 Å². The Morgan fingerprint density at radius 3 is 2.38 bits per heavy atom. The van der Waals surface area contributed by atoms with Crippen LogP contribution < -0.4 is 10.5 Å². The summed E-state index contributed by atoms with van der Waals surface area (Å²) in [6.07, 6.45) is 0. The summed E-state index contributed by atoms with van der Waals surface area (Å²) in [5.41, 5.74) is 9.47. The molecule has 0 radical (unpaired) electrons. The number of nitrogens with two attached hydrogens (primary N) is 1. The highest BCUT2D eigenvalue weighted by Gasteiger charge is 2.24. The Morgan fingerprint density at radius 1 is 1.14 bits per heavy atom. The Balaban J connectivity index is 2.46.